The second-order valence-electron chi connectivity index (χ2n) is 4.29. The molecule has 0 spiro atoms. The van der Waals surface area contributed by atoms with E-state index in [2.05, 4.69) is 9.71 Å². The van der Waals surface area contributed by atoms with Gasteiger partial charge in [0.25, 0.3) is 0 Å². The molecule has 1 rings (SSSR count). The van der Waals surface area contributed by atoms with Gasteiger partial charge in [-0.1, -0.05) is 0 Å². The lowest BCUT2D eigenvalue weighted by molar-refractivity contribution is -0.131. The first-order chi connectivity index (χ1) is 9.85. The van der Waals surface area contributed by atoms with Crippen molar-refractivity contribution in [1.29, 1.82) is 0 Å². The van der Waals surface area contributed by atoms with E-state index in [9.17, 15) is 13.2 Å². The average Bonchev–Trinajstić information content (AvgIpc) is 2.79. The minimum Gasteiger partial charge on any atom is -0.395 e. The third-order valence-corrected chi connectivity index (χ3v) is 3.94. The summed E-state index contributed by atoms with van der Waals surface area (Å²) >= 11 is 1.12. The van der Waals surface area contributed by atoms with E-state index in [1.807, 2.05) is 0 Å². The van der Waals surface area contributed by atoms with Crippen molar-refractivity contribution in [3.05, 3.63) is 11.1 Å². The zero-order valence-electron chi connectivity index (χ0n) is 11.9. The number of carbonyl (C=O) groups excluding carboxylic acids is 1. The number of methoxy groups -OCH3 is 1. The maximum Gasteiger partial charge on any atom is 0.231 e. The van der Waals surface area contributed by atoms with E-state index < -0.39 is 10.0 Å². The second-order valence-corrected chi connectivity index (χ2v) is 6.90. The van der Waals surface area contributed by atoms with Crippen LogP contribution in [0.1, 0.15) is 5.69 Å². The smallest absolute Gasteiger partial charge is 0.231 e. The van der Waals surface area contributed by atoms with Crippen LogP contribution < -0.4 is 4.72 Å². The number of hydrogen-bond donors (Lipinski definition) is 2. The van der Waals surface area contributed by atoms with Gasteiger partial charge in [0.15, 0.2) is 5.13 Å². The molecule has 0 saturated heterocycles. The highest BCUT2D eigenvalue weighted by Crippen LogP contribution is 2.17. The zero-order chi connectivity index (χ0) is 15.9. The van der Waals surface area contributed by atoms with Crippen molar-refractivity contribution in [3.63, 3.8) is 0 Å². The van der Waals surface area contributed by atoms with Crippen LogP contribution in [-0.4, -0.2) is 69.0 Å². The van der Waals surface area contributed by atoms with Crippen molar-refractivity contribution in [1.82, 2.24) is 9.88 Å². The Balaban J connectivity index is 2.64. The number of aliphatic hydroxyl groups excluding tert-OH is 1. The molecule has 1 amide bonds. The van der Waals surface area contributed by atoms with Crippen LogP contribution in [0.5, 0.6) is 0 Å². The fourth-order valence-corrected chi connectivity index (χ4v) is 3.11. The molecule has 0 saturated carbocycles. The third-order valence-electron chi connectivity index (χ3n) is 2.44. The molecule has 2 N–H and O–H groups in total. The second kappa shape index (κ2) is 8.27. The minimum absolute atomic E-state index is 0.0473. The molecule has 1 heterocycles. The van der Waals surface area contributed by atoms with E-state index in [4.69, 9.17) is 9.84 Å². The van der Waals surface area contributed by atoms with Crippen LogP contribution in [-0.2, 0) is 26.0 Å². The largest absolute Gasteiger partial charge is 0.395 e. The summed E-state index contributed by atoms with van der Waals surface area (Å²) in [5.74, 6) is -0.197. The molecule has 8 nitrogen and oxygen atoms in total. The van der Waals surface area contributed by atoms with E-state index in [1.165, 1.54) is 12.0 Å². The molecule has 0 unspecified atom stereocenters. The molecule has 1 aromatic rings. The predicted octanol–water partition coefficient (Wildman–Crippen LogP) is -0.476. The highest BCUT2D eigenvalue weighted by Gasteiger charge is 2.16. The normalized spacial score (nSPS) is 11.4. The lowest BCUT2D eigenvalue weighted by Gasteiger charge is -2.20. The molecule has 0 bridgehead atoms. The number of rotatable bonds is 9. The van der Waals surface area contributed by atoms with Gasteiger partial charge in [-0.2, -0.15) is 0 Å². The number of ether oxygens (including phenoxy) is 1. The average molecular weight is 337 g/mol. The molecule has 1 aromatic heterocycles. The fourth-order valence-electron chi connectivity index (χ4n) is 1.54. The van der Waals surface area contributed by atoms with E-state index in [0.29, 0.717) is 18.8 Å². The Morgan fingerprint density at radius 1 is 1.52 bits per heavy atom. The van der Waals surface area contributed by atoms with Gasteiger partial charge in [-0.15, -0.1) is 11.3 Å². The van der Waals surface area contributed by atoms with Crippen LogP contribution in [0.3, 0.4) is 0 Å². The molecule has 21 heavy (non-hydrogen) atoms. The molecule has 10 heteroatoms. The first-order valence-electron chi connectivity index (χ1n) is 6.15. The summed E-state index contributed by atoms with van der Waals surface area (Å²) in [5, 5.41) is 10.8. The van der Waals surface area contributed by atoms with Gasteiger partial charge in [0, 0.05) is 25.6 Å². The summed E-state index contributed by atoms with van der Waals surface area (Å²) in [6, 6.07) is 0. The summed E-state index contributed by atoms with van der Waals surface area (Å²) in [4.78, 5) is 17.6. The number of anilines is 1. The Kier molecular flexibility index (Phi) is 7.02. The van der Waals surface area contributed by atoms with E-state index in [0.717, 1.165) is 17.6 Å². The maximum atomic E-state index is 12.1. The molecule has 0 fully saturated rings. The van der Waals surface area contributed by atoms with E-state index in [-0.39, 0.29) is 30.6 Å². The number of hydrogen-bond acceptors (Lipinski definition) is 7. The lowest BCUT2D eigenvalue weighted by Crippen LogP contribution is -2.37. The van der Waals surface area contributed by atoms with Gasteiger partial charge < -0.3 is 14.7 Å². The van der Waals surface area contributed by atoms with Gasteiger partial charge in [-0.25, -0.2) is 13.4 Å². The van der Waals surface area contributed by atoms with Crippen LogP contribution in [0, 0.1) is 0 Å². The van der Waals surface area contributed by atoms with Crippen LogP contribution in [0.2, 0.25) is 0 Å². The van der Waals surface area contributed by atoms with Gasteiger partial charge in [0.2, 0.25) is 15.9 Å². The van der Waals surface area contributed by atoms with Crippen LogP contribution in [0.4, 0.5) is 5.13 Å². The molecule has 0 atom stereocenters. The number of carbonyl (C=O) groups is 1. The van der Waals surface area contributed by atoms with Crippen molar-refractivity contribution >= 4 is 32.4 Å². The first kappa shape index (κ1) is 17.8. The van der Waals surface area contributed by atoms with Gasteiger partial charge in [0.1, 0.15) is 0 Å². The summed E-state index contributed by atoms with van der Waals surface area (Å²) in [7, 11) is -1.84. The predicted molar refractivity (Wildman–Crippen MR) is 79.8 cm³/mol. The highest BCUT2D eigenvalue weighted by molar-refractivity contribution is 7.92. The quantitative estimate of drug-likeness (QED) is 0.630. The summed E-state index contributed by atoms with van der Waals surface area (Å²) in [6.45, 7) is 0.854. The van der Waals surface area contributed by atoms with Crippen molar-refractivity contribution in [2.75, 3.05) is 44.4 Å². The Morgan fingerprint density at radius 2 is 2.24 bits per heavy atom. The highest BCUT2D eigenvalue weighted by atomic mass is 32.2. The molecular weight excluding hydrogens is 318 g/mol. The van der Waals surface area contributed by atoms with E-state index >= 15 is 0 Å². The maximum absolute atomic E-state index is 12.1. The Hall–Kier alpha value is -1.23. The number of aromatic nitrogens is 1. The molecule has 0 aliphatic heterocycles. The molecule has 0 radical (unpaired) electrons. The summed E-state index contributed by atoms with van der Waals surface area (Å²) in [5.41, 5.74) is 0.483. The summed E-state index contributed by atoms with van der Waals surface area (Å²) in [6.07, 6.45) is 1.08. The number of nitrogens with one attached hydrogen (secondary N) is 1. The van der Waals surface area contributed by atoms with E-state index in [1.54, 1.807) is 5.38 Å². The minimum atomic E-state index is -3.38. The first-order valence-corrected chi connectivity index (χ1v) is 8.92. The van der Waals surface area contributed by atoms with Gasteiger partial charge in [-0.05, 0) is 0 Å². The Bertz CT molecular complexity index is 558. The van der Waals surface area contributed by atoms with Crippen molar-refractivity contribution < 1.29 is 23.1 Å². The number of amides is 1. The van der Waals surface area contributed by atoms with Crippen LogP contribution in [0.25, 0.3) is 0 Å². The molecular formula is C11H19N3O5S2. The van der Waals surface area contributed by atoms with Crippen molar-refractivity contribution in [2.45, 2.75) is 6.42 Å². The standard InChI is InChI=1S/C11H19N3O5S2/c1-19-6-4-14(3-5-15)10(16)7-9-8-20-11(12-9)13-21(2,17)18/h8,15H,3-7H2,1-2H3,(H,12,13). The number of sulfonamides is 1. The van der Waals surface area contributed by atoms with Crippen LogP contribution >= 0.6 is 11.3 Å². The van der Waals surface area contributed by atoms with Crippen molar-refractivity contribution in [3.8, 4) is 0 Å². The number of thiazole rings is 1. The lowest BCUT2D eigenvalue weighted by atomic mass is 10.3. The fraction of sp³-hybridized carbons (Fsp3) is 0.636. The molecule has 0 aliphatic carbocycles. The monoisotopic (exact) mass is 337 g/mol. The molecule has 120 valence electrons. The van der Waals surface area contributed by atoms with Gasteiger partial charge in [0.05, 0.1) is 31.6 Å². The molecule has 0 aromatic carbocycles. The Morgan fingerprint density at radius 3 is 2.81 bits per heavy atom. The van der Waals surface area contributed by atoms with Gasteiger partial charge in [-0.3, -0.25) is 9.52 Å². The van der Waals surface area contributed by atoms with Crippen molar-refractivity contribution in [2.24, 2.45) is 0 Å². The topological polar surface area (TPSA) is 109 Å². The van der Waals surface area contributed by atoms with Gasteiger partial charge >= 0.3 is 0 Å². The SMILES string of the molecule is COCCN(CCO)C(=O)Cc1csc(NS(C)(=O)=O)n1. The zero-order valence-corrected chi connectivity index (χ0v) is 13.5. The number of aliphatic hydroxyl groups is 1. The molecule has 0 aliphatic rings. The van der Waals surface area contributed by atoms with Crippen LogP contribution in [0.15, 0.2) is 5.38 Å². The summed E-state index contributed by atoms with van der Waals surface area (Å²) < 4.78 is 29.3. The third kappa shape index (κ3) is 6.85. The Labute approximate surface area is 127 Å². The number of nitrogens with zero attached hydrogens (tertiary/aromatic N) is 2.